The van der Waals surface area contributed by atoms with E-state index in [-0.39, 0.29) is 11.5 Å². The summed E-state index contributed by atoms with van der Waals surface area (Å²) in [5.74, 6) is -1.87. The number of carboxylic acid groups (broad SMARTS) is 1. The Morgan fingerprint density at radius 2 is 1.64 bits per heavy atom. The molecule has 0 spiro atoms. The van der Waals surface area contributed by atoms with Gasteiger partial charge in [-0.25, -0.2) is 4.79 Å². The third-order valence-corrected chi connectivity index (χ3v) is 8.91. The number of carbonyl (C=O) groups is 2. The van der Waals surface area contributed by atoms with Gasteiger partial charge < -0.3 is 19.3 Å². The molecule has 1 aliphatic heterocycles. The summed E-state index contributed by atoms with van der Waals surface area (Å²) in [5.41, 5.74) is 2.79. The number of fused-ring (bicyclic) bond motifs is 3. The molecule has 1 amide bonds. The number of aliphatic carboxylic acids is 1. The number of alkyl halides is 3. The van der Waals surface area contributed by atoms with Gasteiger partial charge in [-0.2, -0.15) is 13.2 Å². The lowest BCUT2D eigenvalue weighted by molar-refractivity contribution is -0.192. The van der Waals surface area contributed by atoms with E-state index in [0.29, 0.717) is 41.6 Å². The number of carboxylic acids is 1. The Bertz CT molecular complexity index is 1870. The van der Waals surface area contributed by atoms with Crippen molar-refractivity contribution in [2.24, 2.45) is 5.92 Å². The molecular weight excluding hydrogens is 607 g/mol. The molecule has 1 fully saturated rings. The highest BCUT2D eigenvalue weighted by atomic mass is 32.1. The van der Waals surface area contributed by atoms with E-state index >= 15 is 0 Å². The number of likely N-dealkylation sites (tertiary alicyclic amines) is 1. The smallest absolute Gasteiger partial charge is 0.490 e. The molecule has 0 atom stereocenters. The average molecular weight is 638 g/mol. The molecule has 1 aliphatic rings. The summed E-state index contributed by atoms with van der Waals surface area (Å²) in [6.45, 7) is 1.75. The minimum Gasteiger partial charge on any atom is -0.494 e. The van der Waals surface area contributed by atoms with E-state index in [1.807, 2.05) is 53.4 Å². The largest absolute Gasteiger partial charge is 0.494 e. The van der Waals surface area contributed by atoms with Crippen LogP contribution in [0.3, 0.4) is 0 Å². The van der Waals surface area contributed by atoms with Crippen molar-refractivity contribution in [1.82, 2.24) is 14.5 Å². The van der Waals surface area contributed by atoms with E-state index < -0.39 is 12.1 Å². The molecule has 8 nitrogen and oxygen atoms in total. The van der Waals surface area contributed by atoms with Gasteiger partial charge in [-0.1, -0.05) is 54.6 Å². The molecule has 0 aliphatic carbocycles. The topological polar surface area (TPSA) is 102 Å². The number of benzene rings is 2. The maximum atomic E-state index is 13.9. The number of halogens is 3. The predicted octanol–water partition coefficient (Wildman–Crippen LogP) is 6.40. The van der Waals surface area contributed by atoms with E-state index in [1.165, 1.54) is 16.9 Å². The van der Waals surface area contributed by atoms with Gasteiger partial charge in [-0.05, 0) is 48.9 Å². The van der Waals surface area contributed by atoms with Gasteiger partial charge >= 0.3 is 12.1 Å². The summed E-state index contributed by atoms with van der Waals surface area (Å²) in [6.07, 6.45) is -0.385. The predicted molar refractivity (Wildman–Crippen MR) is 166 cm³/mol. The van der Waals surface area contributed by atoms with E-state index in [0.717, 1.165) is 40.6 Å². The van der Waals surface area contributed by atoms with Crippen LogP contribution in [-0.2, 0) is 17.8 Å². The van der Waals surface area contributed by atoms with Gasteiger partial charge in [0.05, 0.1) is 29.6 Å². The molecule has 5 aromatic rings. The number of hydrogen-bond donors (Lipinski definition) is 1. The van der Waals surface area contributed by atoms with Crippen molar-refractivity contribution in [3.8, 4) is 5.75 Å². The summed E-state index contributed by atoms with van der Waals surface area (Å²) in [7, 11) is 1.54. The molecule has 1 saturated heterocycles. The lowest BCUT2D eigenvalue weighted by Gasteiger charge is -2.32. The van der Waals surface area contributed by atoms with Crippen molar-refractivity contribution >= 4 is 44.2 Å². The summed E-state index contributed by atoms with van der Waals surface area (Å²) < 4.78 is 40.0. The fourth-order valence-electron chi connectivity index (χ4n) is 5.52. The zero-order chi connectivity index (χ0) is 32.1. The number of carbonyl (C=O) groups excluding carboxylic acids is 1. The number of para-hydroxylation sites is 1. The first-order chi connectivity index (χ1) is 21.6. The fraction of sp³-hybridized carbons (Fsp3) is 0.273. The Kier molecular flexibility index (Phi) is 9.52. The van der Waals surface area contributed by atoms with Crippen LogP contribution in [0.15, 0.2) is 83.8 Å². The van der Waals surface area contributed by atoms with Crippen LogP contribution >= 0.6 is 11.3 Å². The molecule has 2 aromatic carbocycles. The van der Waals surface area contributed by atoms with Crippen LogP contribution in [0.1, 0.15) is 33.8 Å². The first-order valence-electron chi connectivity index (χ1n) is 14.2. The Hall–Kier alpha value is -4.71. The van der Waals surface area contributed by atoms with Gasteiger partial charge in [0, 0.05) is 24.7 Å². The molecule has 1 N–H and O–H groups in total. The zero-order valence-corrected chi connectivity index (χ0v) is 25.1. The molecule has 12 heteroatoms. The van der Waals surface area contributed by atoms with Gasteiger partial charge in [-0.3, -0.25) is 14.6 Å². The number of rotatable bonds is 6. The lowest BCUT2D eigenvalue weighted by atomic mass is 9.90. The Labute approximate surface area is 260 Å². The summed E-state index contributed by atoms with van der Waals surface area (Å²) in [4.78, 5) is 43.4. The first kappa shape index (κ1) is 31.7. The molecule has 6 rings (SSSR count). The summed E-state index contributed by atoms with van der Waals surface area (Å²) >= 11 is 1.37. The normalized spacial score (nSPS) is 13.8. The summed E-state index contributed by atoms with van der Waals surface area (Å²) in [6, 6.07) is 24.1. The number of ether oxygens (including phenoxy) is 1. The summed E-state index contributed by atoms with van der Waals surface area (Å²) in [5, 5.41) is 8.52. The molecule has 45 heavy (non-hydrogen) atoms. The molecule has 4 heterocycles. The minimum atomic E-state index is -5.08. The van der Waals surface area contributed by atoms with Crippen molar-refractivity contribution in [2.75, 3.05) is 20.2 Å². The molecule has 0 saturated carbocycles. The highest BCUT2D eigenvalue weighted by Gasteiger charge is 2.38. The monoisotopic (exact) mass is 637 g/mol. The molecular formula is C33H30F3N3O5S. The standard InChI is InChI=1S/C31H29N3O3S.C2HF3O2/c1-37-27-26-28(24-12-5-6-13-25(24)34(30(26)35)20-23-11-7-8-16-32-23)38-29(27)31(36)33-17-14-22(15-18-33)19-21-9-3-2-4-10-21;3-2(4,5)1(6)7/h2-13,16,22H,14-15,17-20H2,1H3;(H,6,7). The number of amides is 1. The number of methoxy groups -OCH3 is 1. The molecule has 3 aromatic heterocycles. The number of piperidine rings is 1. The maximum absolute atomic E-state index is 13.9. The Morgan fingerprint density at radius 3 is 2.27 bits per heavy atom. The van der Waals surface area contributed by atoms with Gasteiger partial charge in [-0.15, -0.1) is 11.3 Å². The number of nitrogens with zero attached hydrogens (tertiary/aromatic N) is 3. The first-order valence-corrected chi connectivity index (χ1v) is 15.0. The van der Waals surface area contributed by atoms with Crippen LogP contribution in [-0.4, -0.2) is 57.8 Å². The molecule has 0 radical (unpaired) electrons. The van der Waals surface area contributed by atoms with Crippen LogP contribution in [0.4, 0.5) is 13.2 Å². The van der Waals surface area contributed by atoms with Gasteiger partial charge in [0.2, 0.25) is 0 Å². The molecule has 0 bridgehead atoms. The third-order valence-electron chi connectivity index (χ3n) is 7.72. The average Bonchev–Trinajstić information content (AvgIpc) is 3.44. The Balaban J connectivity index is 0.000000515. The second-order valence-corrected chi connectivity index (χ2v) is 11.6. The lowest BCUT2D eigenvalue weighted by Crippen LogP contribution is -2.38. The zero-order valence-electron chi connectivity index (χ0n) is 24.3. The SMILES string of the molecule is COc1c(C(=O)N2CCC(Cc3ccccc3)CC2)sc2c1c(=O)n(Cc1ccccn1)c1ccccc21.O=C(O)C(F)(F)F. The van der Waals surface area contributed by atoms with Crippen LogP contribution in [0, 0.1) is 5.92 Å². The van der Waals surface area contributed by atoms with Gasteiger partial charge in [0.25, 0.3) is 11.5 Å². The van der Waals surface area contributed by atoms with Crippen molar-refractivity contribution in [3.63, 3.8) is 0 Å². The fourth-order valence-corrected chi connectivity index (χ4v) is 6.79. The molecule has 0 unspecified atom stereocenters. The molecule has 234 valence electrons. The van der Waals surface area contributed by atoms with Crippen molar-refractivity contribution < 1.29 is 32.6 Å². The third kappa shape index (κ3) is 7.01. The number of hydrogen-bond acceptors (Lipinski definition) is 6. The van der Waals surface area contributed by atoms with E-state index in [9.17, 15) is 22.8 Å². The maximum Gasteiger partial charge on any atom is 0.490 e. The Morgan fingerprint density at radius 1 is 1.00 bits per heavy atom. The van der Waals surface area contributed by atoms with Gasteiger partial charge in [0.1, 0.15) is 10.3 Å². The van der Waals surface area contributed by atoms with E-state index in [4.69, 9.17) is 14.6 Å². The number of pyridine rings is 2. The van der Waals surface area contributed by atoms with E-state index in [2.05, 4.69) is 29.2 Å². The van der Waals surface area contributed by atoms with Gasteiger partial charge in [0.15, 0.2) is 5.75 Å². The second kappa shape index (κ2) is 13.5. The number of aromatic nitrogens is 2. The number of thiophene rings is 1. The van der Waals surface area contributed by atoms with Crippen LogP contribution < -0.4 is 10.3 Å². The minimum absolute atomic E-state index is 0.0547. The van der Waals surface area contributed by atoms with Crippen LogP contribution in [0.25, 0.3) is 21.0 Å². The quantitative estimate of drug-likeness (QED) is 0.231. The van der Waals surface area contributed by atoms with Crippen LogP contribution in [0.5, 0.6) is 5.75 Å². The van der Waals surface area contributed by atoms with Crippen molar-refractivity contribution in [2.45, 2.75) is 32.0 Å². The second-order valence-electron chi connectivity index (χ2n) is 10.6. The van der Waals surface area contributed by atoms with Crippen molar-refractivity contribution in [1.29, 1.82) is 0 Å². The highest BCUT2D eigenvalue weighted by molar-refractivity contribution is 7.22. The van der Waals surface area contributed by atoms with Crippen LogP contribution in [0.2, 0.25) is 0 Å². The van der Waals surface area contributed by atoms with Crippen molar-refractivity contribution in [3.05, 3.63) is 105 Å². The highest BCUT2D eigenvalue weighted by Crippen LogP contribution is 2.40. The van der Waals surface area contributed by atoms with E-state index in [1.54, 1.807) is 17.9 Å².